The van der Waals surface area contributed by atoms with E-state index in [1.54, 1.807) is 17.3 Å². The topological polar surface area (TPSA) is 62.3 Å². The highest BCUT2D eigenvalue weighted by molar-refractivity contribution is 5.88. The van der Waals surface area contributed by atoms with Crippen LogP contribution in [0.15, 0.2) is 85.2 Å². The van der Waals surface area contributed by atoms with Gasteiger partial charge in [-0.05, 0) is 22.8 Å². The van der Waals surface area contributed by atoms with Crippen LogP contribution in [0.2, 0.25) is 0 Å². The van der Waals surface area contributed by atoms with Crippen molar-refractivity contribution in [2.24, 2.45) is 0 Å². The Labute approximate surface area is 171 Å². The van der Waals surface area contributed by atoms with Crippen LogP contribution in [-0.2, 0) is 22.7 Å². The Bertz CT molecular complexity index is 915. The zero-order valence-corrected chi connectivity index (χ0v) is 16.5. The molecule has 1 aromatic heterocycles. The summed E-state index contributed by atoms with van der Waals surface area (Å²) in [5, 5.41) is 2.97. The molecule has 29 heavy (non-hydrogen) atoms. The number of carbonyl (C=O) groups is 2. The highest BCUT2D eigenvalue weighted by Gasteiger charge is 2.30. The highest BCUT2D eigenvalue weighted by atomic mass is 16.2. The number of benzene rings is 2. The van der Waals surface area contributed by atoms with E-state index in [-0.39, 0.29) is 11.8 Å². The molecule has 5 nitrogen and oxygen atoms in total. The maximum absolute atomic E-state index is 13.2. The lowest BCUT2D eigenvalue weighted by atomic mass is 10.0. The van der Waals surface area contributed by atoms with E-state index in [0.717, 1.165) is 16.7 Å². The number of amides is 2. The van der Waals surface area contributed by atoms with Crippen LogP contribution < -0.4 is 5.32 Å². The lowest BCUT2D eigenvalue weighted by Crippen LogP contribution is -2.43. The number of pyridine rings is 1. The van der Waals surface area contributed by atoms with E-state index in [1.807, 2.05) is 79.7 Å². The normalized spacial score (nSPS) is 11.5. The molecule has 0 unspecified atom stereocenters. The quantitative estimate of drug-likeness (QED) is 0.638. The van der Waals surface area contributed by atoms with Gasteiger partial charge in [-0.2, -0.15) is 0 Å². The zero-order valence-electron chi connectivity index (χ0n) is 16.5. The first-order chi connectivity index (χ1) is 14.2. The average Bonchev–Trinajstić information content (AvgIpc) is 2.79. The molecule has 2 aromatic carbocycles. The summed E-state index contributed by atoms with van der Waals surface area (Å²) < 4.78 is 0. The van der Waals surface area contributed by atoms with Gasteiger partial charge in [0.1, 0.15) is 6.04 Å². The van der Waals surface area contributed by atoms with Crippen molar-refractivity contribution in [2.75, 3.05) is 0 Å². The SMILES string of the molecule is CCC(=O)N(Cc1ccccc1)[C@@H](C(=O)NCc1cccnc1)c1ccccc1. The second-order valence-electron chi connectivity index (χ2n) is 6.75. The first-order valence-electron chi connectivity index (χ1n) is 9.74. The number of carbonyl (C=O) groups excluding carboxylic acids is 2. The van der Waals surface area contributed by atoms with Crippen LogP contribution >= 0.6 is 0 Å². The van der Waals surface area contributed by atoms with Gasteiger partial charge in [-0.25, -0.2) is 0 Å². The number of nitrogens with one attached hydrogen (secondary N) is 1. The predicted molar refractivity (Wildman–Crippen MR) is 113 cm³/mol. The molecule has 0 aliphatic carbocycles. The number of aromatic nitrogens is 1. The van der Waals surface area contributed by atoms with Gasteiger partial charge in [-0.15, -0.1) is 0 Å². The van der Waals surface area contributed by atoms with E-state index in [4.69, 9.17) is 0 Å². The third-order valence-electron chi connectivity index (χ3n) is 4.68. The van der Waals surface area contributed by atoms with Crippen LogP contribution in [0, 0.1) is 0 Å². The third kappa shape index (κ3) is 5.51. The third-order valence-corrected chi connectivity index (χ3v) is 4.68. The molecule has 1 atom stereocenters. The lowest BCUT2D eigenvalue weighted by Gasteiger charge is -2.31. The Hall–Kier alpha value is -3.47. The molecular formula is C24H25N3O2. The Morgan fingerprint density at radius 2 is 1.59 bits per heavy atom. The Morgan fingerprint density at radius 1 is 0.931 bits per heavy atom. The van der Waals surface area contributed by atoms with E-state index in [2.05, 4.69) is 10.3 Å². The summed E-state index contributed by atoms with van der Waals surface area (Å²) in [5.74, 6) is -0.281. The molecule has 0 bridgehead atoms. The van der Waals surface area contributed by atoms with Gasteiger partial charge in [0, 0.05) is 31.9 Å². The summed E-state index contributed by atoms with van der Waals surface area (Å²) in [6.45, 7) is 2.54. The minimum Gasteiger partial charge on any atom is -0.350 e. The summed E-state index contributed by atoms with van der Waals surface area (Å²) in [7, 11) is 0. The van der Waals surface area contributed by atoms with Crippen molar-refractivity contribution in [3.63, 3.8) is 0 Å². The molecule has 1 N–H and O–H groups in total. The second kappa shape index (κ2) is 10.2. The van der Waals surface area contributed by atoms with Crippen molar-refractivity contribution in [2.45, 2.75) is 32.5 Å². The standard InChI is InChI=1S/C24H25N3O2/c1-2-22(28)27(18-19-10-5-3-6-11-19)23(21-13-7-4-8-14-21)24(29)26-17-20-12-9-15-25-16-20/h3-16,23H,2,17-18H2,1H3,(H,26,29)/t23-/m1/s1. The molecule has 0 saturated heterocycles. The summed E-state index contributed by atoms with van der Waals surface area (Å²) in [6, 6.07) is 22.2. The van der Waals surface area contributed by atoms with E-state index < -0.39 is 6.04 Å². The fraction of sp³-hybridized carbons (Fsp3) is 0.208. The molecule has 5 heteroatoms. The van der Waals surface area contributed by atoms with E-state index in [9.17, 15) is 9.59 Å². The fourth-order valence-corrected chi connectivity index (χ4v) is 3.20. The van der Waals surface area contributed by atoms with Crippen LogP contribution in [0.5, 0.6) is 0 Å². The minimum absolute atomic E-state index is 0.0702. The molecule has 0 spiro atoms. The van der Waals surface area contributed by atoms with Gasteiger partial charge in [-0.3, -0.25) is 14.6 Å². The van der Waals surface area contributed by atoms with Gasteiger partial charge >= 0.3 is 0 Å². The van der Waals surface area contributed by atoms with Gasteiger partial charge in [0.25, 0.3) is 0 Å². The van der Waals surface area contributed by atoms with E-state index in [0.29, 0.717) is 19.5 Å². The van der Waals surface area contributed by atoms with Crippen LogP contribution in [0.4, 0.5) is 0 Å². The summed E-state index contributed by atoms with van der Waals surface area (Å²) in [6.07, 6.45) is 3.74. The van der Waals surface area contributed by atoms with Gasteiger partial charge in [0.05, 0.1) is 0 Å². The molecule has 148 valence electrons. The lowest BCUT2D eigenvalue weighted by molar-refractivity contribution is -0.141. The largest absolute Gasteiger partial charge is 0.350 e. The molecule has 0 radical (unpaired) electrons. The maximum Gasteiger partial charge on any atom is 0.247 e. The molecule has 0 fully saturated rings. The fourth-order valence-electron chi connectivity index (χ4n) is 3.20. The first kappa shape index (κ1) is 20.3. The Balaban J connectivity index is 1.89. The monoisotopic (exact) mass is 387 g/mol. The van der Waals surface area contributed by atoms with Crippen molar-refractivity contribution in [1.82, 2.24) is 15.2 Å². The van der Waals surface area contributed by atoms with Crippen molar-refractivity contribution in [3.8, 4) is 0 Å². The van der Waals surface area contributed by atoms with Crippen molar-refractivity contribution < 1.29 is 9.59 Å². The zero-order chi connectivity index (χ0) is 20.5. The van der Waals surface area contributed by atoms with Crippen LogP contribution in [0.3, 0.4) is 0 Å². The maximum atomic E-state index is 13.2. The van der Waals surface area contributed by atoms with Crippen LogP contribution in [-0.4, -0.2) is 21.7 Å². The molecule has 3 aromatic rings. The Morgan fingerprint density at radius 3 is 2.21 bits per heavy atom. The highest BCUT2D eigenvalue weighted by Crippen LogP contribution is 2.24. The smallest absolute Gasteiger partial charge is 0.247 e. The summed E-state index contributed by atoms with van der Waals surface area (Å²) >= 11 is 0. The van der Waals surface area contributed by atoms with E-state index >= 15 is 0 Å². The van der Waals surface area contributed by atoms with Crippen LogP contribution in [0.1, 0.15) is 36.1 Å². The van der Waals surface area contributed by atoms with Crippen LogP contribution in [0.25, 0.3) is 0 Å². The minimum atomic E-state index is -0.708. The molecule has 2 amide bonds. The number of nitrogens with zero attached hydrogens (tertiary/aromatic N) is 2. The molecule has 0 aliphatic rings. The second-order valence-corrected chi connectivity index (χ2v) is 6.75. The van der Waals surface area contributed by atoms with Crippen molar-refractivity contribution in [1.29, 1.82) is 0 Å². The van der Waals surface area contributed by atoms with Gasteiger partial charge in [0.15, 0.2) is 0 Å². The molecular weight excluding hydrogens is 362 g/mol. The average molecular weight is 387 g/mol. The number of hydrogen-bond donors (Lipinski definition) is 1. The van der Waals surface area contributed by atoms with Gasteiger partial charge in [0.2, 0.25) is 11.8 Å². The molecule has 0 aliphatic heterocycles. The molecule has 3 rings (SSSR count). The summed E-state index contributed by atoms with van der Waals surface area (Å²) in [5.41, 5.74) is 2.67. The number of rotatable bonds is 8. The van der Waals surface area contributed by atoms with E-state index in [1.165, 1.54) is 0 Å². The van der Waals surface area contributed by atoms with Gasteiger partial charge < -0.3 is 10.2 Å². The predicted octanol–water partition coefficient (Wildman–Crippen LogP) is 3.88. The van der Waals surface area contributed by atoms with Crippen molar-refractivity contribution in [3.05, 3.63) is 102 Å². The van der Waals surface area contributed by atoms with Crippen molar-refractivity contribution >= 4 is 11.8 Å². The van der Waals surface area contributed by atoms with Gasteiger partial charge in [-0.1, -0.05) is 73.7 Å². The number of hydrogen-bond acceptors (Lipinski definition) is 3. The summed E-state index contributed by atoms with van der Waals surface area (Å²) in [4.78, 5) is 31.8. The molecule has 1 heterocycles. The Kier molecular flexibility index (Phi) is 7.11. The first-order valence-corrected chi connectivity index (χ1v) is 9.74. The molecule has 0 saturated carbocycles.